The lowest BCUT2D eigenvalue weighted by Crippen LogP contribution is -2.54. The summed E-state index contributed by atoms with van der Waals surface area (Å²) in [5.41, 5.74) is 2.86. The van der Waals surface area contributed by atoms with Crippen LogP contribution >= 0.6 is 11.6 Å². The number of hydrogen-bond acceptors (Lipinski definition) is 4. The predicted molar refractivity (Wildman–Crippen MR) is 120 cm³/mol. The Morgan fingerprint density at radius 3 is 2.53 bits per heavy atom. The fraction of sp³-hybridized carbons (Fsp3) is 0.667. The van der Waals surface area contributed by atoms with Gasteiger partial charge in [-0.3, -0.25) is 14.5 Å². The molecule has 1 saturated heterocycles. The Balaban J connectivity index is 1.59. The fourth-order valence-electron chi connectivity index (χ4n) is 4.86. The van der Waals surface area contributed by atoms with Crippen LogP contribution < -0.4 is 0 Å². The third-order valence-corrected chi connectivity index (χ3v) is 6.91. The van der Waals surface area contributed by atoms with E-state index in [9.17, 15) is 18.4 Å². The average molecular weight is 471 g/mol. The zero-order valence-corrected chi connectivity index (χ0v) is 19.7. The van der Waals surface area contributed by atoms with E-state index in [1.807, 2.05) is 17.9 Å². The van der Waals surface area contributed by atoms with Crippen LogP contribution in [0.15, 0.2) is 12.1 Å². The van der Waals surface area contributed by atoms with Crippen molar-refractivity contribution in [3.05, 3.63) is 33.8 Å². The second kappa shape index (κ2) is 11.5. The van der Waals surface area contributed by atoms with Crippen molar-refractivity contribution >= 4 is 23.3 Å². The molecule has 32 heavy (non-hydrogen) atoms. The van der Waals surface area contributed by atoms with Gasteiger partial charge in [-0.1, -0.05) is 24.4 Å². The van der Waals surface area contributed by atoms with Gasteiger partial charge in [0.1, 0.15) is 5.78 Å². The van der Waals surface area contributed by atoms with Gasteiger partial charge in [0.2, 0.25) is 5.91 Å². The first-order valence-corrected chi connectivity index (χ1v) is 11.8. The lowest BCUT2D eigenvalue weighted by Gasteiger charge is -2.41. The molecule has 1 amide bonds. The highest BCUT2D eigenvalue weighted by Gasteiger charge is 2.33. The Morgan fingerprint density at radius 1 is 1.19 bits per heavy atom. The number of benzene rings is 1. The van der Waals surface area contributed by atoms with Crippen molar-refractivity contribution in [1.82, 2.24) is 9.80 Å². The van der Waals surface area contributed by atoms with E-state index in [2.05, 4.69) is 16.6 Å². The average Bonchev–Trinajstić information content (AvgIpc) is 3.26. The third kappa shape index (κ3) is 6.72. The van der Waals surface area contributed by atoms with Crippen molar-refractivity contribution in [2.24, 2.45) is 5.92 Å². The first-order valence-electron chi connectivity index (χ1n) is 11.5. The summed E-state index contributed by atoms with van der Waals surface area (Å²) in [7, 11) is 0. The van der Waals surface area contributed by atoms with E-state index in [1.165, 1.54) is 0 Å². The lowest BCUT2D eigenvalue weighted by atomic mass is 9.97. The number of piperazine rings is 1. The molecule has 0 N–H and O–H groups in total. The monoisotopic (exact) mass is 470 g/mol. The van der Waals surface area contributed by atoms with E-state index < -0.39 is 6.61 Å². The quantitative estimate of drug-likeness (QED) is 0.528. The van der Waals surface area contributed by atoms with Crippen molar-refractivity contribution in [2.75, 3.05) is 26.2 Å². The summed E-state index contributed by atoms with van der Waals surface area (Å²) in [5, 5.41) is 0.556. The molecule has 0 aromatic heterocycles. The summed E-state index contributed by atoms with van der Waals surface area (Å²) in [4.78, 5) is 29.4. The number of ketones is 1. The Bertz CT molecular complexity index is 815. The van der Waals surface area contributed by atoms with Gasteiger partial charge >= 0.3 is 6.61 Å². The smallest absolute Gasteiger partial charge is 0.337 e. The van der Waals surface area contributed by atoms with Crippen molar-refractivity contribution in [1.29, 1.82) is 0 Å². The number of alkyl halides is 2. The minimum atomic E-state index is -2.86. The number of Topliss-reactive ketones (excluding diaryl/α,β-unsaturated/α-hetero) is 1. The number of rotatable bonds is 9. The molecule has 1 aromatic carbocycles. The molecule has 178 valence electrons. The maximum absolute atomic E-state index is 12.8. The van der Waals surface area contributed by atoms with Gasteiger partial charge in [-0.2, -0.15) is 8.78 Å². The van der Waals surface area contributed by atoms with Crippen LogP contribution in [-0.4, -0.2) is 60.4 Å². The van der Waals surface area contributed by atoms with Crippen LogP contribution in [0.2, 0.25) is 5.02 Å². The number of carbonyl (C=O) groups is 2. The molecule has 0 spiro atoms. The van der Waals surface area contributed by atoms with E-state index in [0.717, 1.165) is 62.0 Å². The number of carbonyl (C=O) groups excluding carboxylic acids is 2. The zero-order chi connectivity index (χ0) is 23.3. The standard InChI is InChI=1S/C24H33ClF2N2O3/c1-16-14-28(8-9-29(16)23(31)18-5-3-4-6-18)15-20-12-21(25)11-19(17(20)2)13-22(30)7-10-32-24(26)27/h11-12,16,18,24H,3-10,13-15H2,1-2H3/t16-/m0/s1. The van der Waals surface area contributed by atoms with Crippen molar-refractivity contribution in [3.63, 3.8) is 0 Å². The van der Waals surface area contributed by atoms with Crippen LogP contribution in [0.4, 0.5) is 8.78 Å². The molecule has 0 radical (unpaired) electrons. The molecule has 2 aliphatic rings. The maximum atomic E-state index is 12.8. The van der Waals surface area contributed by atoms with Crippen LogP contribution in [0.25, 0.3) is 0 Å². The van der Waals surface area contributed by atoms with Crippen molar-refractivity contribution in [3.8, 4) is 0 Å². The van der Waals surface area contributed by atoms with E-state index in [1.54, 1.807) is 6.07 Å². The van der Waals surface area contributed by atoms with Gasteiger partial charge in [0, 0.05) is 56.0 Å². The zero-order valence-electron chi connectivity index (χ0n) is 18.9. The van der Waals surface area contributed by atoms with Crippen molar-refractivity contribution < 1.29 is 23.1 Å². The number of amides is 1. The normalized spacial score (nSPS) is 20.3. The summed E-state index contributed by atoms with van der Waals surface area (Å²) in [5.74, 6) is 0.352. The van der Waals surface area contributed by atoms with Crippen molar-refractivity contribution in [2.45, 2.75) is 71.6 Å². The van der Waals surface area contributed by atoms with Gasteiger partial charge in [-0.05, 0) is 55.5 Å². The molecule has 3 rings (SSSR count). The summed E-state index contributed by atoms with van der Waals surface area (Å²) in [6.45, 7) is 3.94. The molecular formula is C24H33ClF2N2O3. The summed E-state index contributed by atoms with van der Waals surface area (Å²) < 4.78 is 28.4. The third-order valence-electron chi connectivity index (χ3n) is 6.69. The number of hydrogen-bond donors (Lipinski definition) is 0. The van der Waals surface area contributed by atoms with Gasteiger partial charge in [-0.15, -0.1) is 0 Å². The Kier molecular flexibility index (Phi) is 9.03. The topological polar surface area (TPSA) is 49.9 Å². The minimum Gasteiger partial charge on any atom is -0.337 e. The summed E-state index contributed by atoms with van der Waals surface area (Å²) in [6, 6.07) is 3.85. The second-order valence-corrected chi connectivity index (χ2v) is 9.48. The van der Waals surface area contributed by atoms with E-state index in [-0.39, 0.29) is 37.2 Å². The van der Waals surface area contributed by atoms with E-state index in [4.69, 9.17) is 11.6 Å². The maximum Gasteiger partial charge on any atom is 0.345 e. The van der Waals surface area contributed by atoms with Gasteiger partial charge < -0.3 is 9.64 Å². The molecule has 2 fully saturated rings. The molecule has 8 heteroatoms. The molecule has 1 saturated carbocycles. The highest BCUT2D eigenvalue weighted by molar-refractivity contribution is 6.30. The Hall–Kier alpha value is -1.57. The van der Waals surface area contributed by atoms with Crippen LogP contribution in [0.3, 0.4) is 0 Å². The number of ether oxygens (including phenoxy) is 1. The highest BCUT2D eigenvalue weighted by atomic mass is 35.5. The molecular weight excluding hydrogens is 438 g/mol. The molecule has 5 nitrogen and oxygen atoms in total. The molecule has 0 bridgehead atoms. The Labute approximate surface area is 194 Å². The van der Waals surface area contributed by atoms with Crippen LogP contribution in [0.1, 0.15) is 55.7 Å². The summed E-state index contributed by atoms with van der Waals surface area (Å²) >= 11 is 6.33. The van der Waals surface area contributed by atoms with Gasteiger partial charge in [0.05, 0.1) is 6.61 Å². The molecule has 1 atom stereocenters. The van der Waals surface area contributed by atoms with Gasteiger partial charge in [0.15, 0.2) is 0 Å². The Morgan fingerprint density at radius 2 is 1.88 bits per heavy atom. The second-order valence-electron chi connectivity index (χ2n) is 9.04. The molecule has 0 unspecified atom stereocenters. The van der Waals surface area contributed by atoms with Crippen LogP contribution in [0.5, 0.6) is 0 Å². The highest BCUT2D eigenvalue weighted by Crippen LogP contribution is 2.29. The molecule has 1 aliphatic heterocycles. The van der Waals surface area contributed by atoms with Gasteiger partial charge in [-0.25, -0.2) is 0 Å². The fourth-order valence-corrected chi connectivity index (χ4v) is 5.12. The molecule has 1 heterocycles. The first-order chi connectivity index (χ1) is 15.2. The SMILES string of the molecule is Cc1c(CC(=O)CCOC(F)F)cc(Cl)cc1CN1CCN(C(=O)C2CCCC2)[C@@H](C)C1. The van der Waals surface area contributed by atoms with Crippen LogP contribution in [0, 0.1) is 12.8 Å². The summed E-state index contributed by atoms with van der Waals surface area (Å²) in [6.07, 6.45) is 4.43. The van der Waals surface area contributed by atoms with E-state index >= 15 is 0 Å². The number of nitrogens with zero attached hydrogens (tertiary/aromatic N) is 2. The van der Waals surface area contributed by atoms with Crippen LogP contribution in [-0.2, 0) is 27.3 Å². The molecule has 1 aromatic rings. The number of halogens is 3. The first kappa shape index (κ1) is 25.1. The lowest BCUT2D eigenvalue weighted by molar-refractivity contribution is -0.140. The minimum absolute atomic E-state index is 0.0554. The van der Waals surface area contributed by atoms with E-state index in [0.29, 0.717) is 17.5 Å². The predicted octanol–water partition coefficient (Wildman–Crippen LogP) is 4.61. The van der Waals surface area contributed by atoms with Gasteiger partial charge in [0.25, 0.3) is 0 Å². The molecule has 1 aliphatic carbocycles. The largest absolute Gasteiger partial charge is 0.345 e.